The van der Waals surface area contributed by atoms with Gasteiger partial charge >= 0.3 is 0 Å². The van der Waals surface area contributed by atoms with Crippen LogP contribution in [0.15, 0.2) is 36.7 Å². The fourth-order valence-corrected chi connectivity index (χ4v) is 2.01. The van der Waals surface area contributed by atoms with Gasteiger partial charge in [0.15, 0.2) is 0 Å². The number of hydrogen-bond acceptors (Lipinski definition) is 6. The molecule has 0 saturated carbocycles. The van der Waals surface area contributed by atoms with Crippen molar-refractivity contribution in [3.63, 3.8) is 0 Å². The molecule has 0 aliphatic carbocycles. The van der Waals surface area contributed by atoms with Crippen LogP contribution < -0.4 is 15.4 Å². The van der Waals surface area contributed by atoms with Gasteiger partial charge < -0.3 is 20.1 Å². The minimum absolute atomic E-state index is 0.233. The van der Waals surface area contributed by atoms with Gasteiger partial charge in [-0.05, 0) is 37.6 Å². The average Bonchev–Trinajstić information content (AvgIpc) is 2.61. The maximum absolute atomic E-state index is 12.0. The Morgan fingerprint density at radius 2 is 2.00 bits per heavy atom. The summed E-state index contributed by atoms with van der Waals surface area (Å²) in [6, 6.07) is 9.13. The second-order valence-corrected chi connectivity index (χ2v) is 4.97. The molecule has 0 aliphatic heterocycles. The van der Waals surface area contributed by atoms with Crippen LogP contribution in [0.3, 0.4) is 0 Å². The Morgan fingerprint density at radius 1 is 1.21 bits per heavy atom. The normalized spacial score (nSPS) is 10.2. The topological polar surface area (TPSA) is 85.4 Å². The molecule has 7 nitrogen and oxygen atoms in total. The predicted molar refractivity (Wildman–Crippen MR) is 91.8 cm³/mol. The molecule has 0 fully saturated rings. The highest BCUT2D eigenvalue weighted by Crippen LogP contribution is 2.19. The number of anilines is 2. The van der Waals surface area contributed by atoms with Crippen LogP contribution in [0.5, 0.6) is 5.75 Å². The van der Waals surface area contributed by atoms with Gasteiger partial charge in [0.05, 0.1) is 6.61 Å². The van der Waals surface area contributed by atoms with E-state index in [0.29, 0.717) is 31.3 Å². The summed E-state index contributed by atoms with van der Waals surface area (Å²) in [6.07, 6.45) is 2.12. The standard InChI is InChI=1S/C17H22N4O3/c1-3-24-14-7-5-13(6-8-14)21-16-11-15(19-12-20-16)17(22)18-9-4-10-23-2/h5-8,11-12H,3-4,9-10H2,1-2H3,(H,18,22)(H,19,20,21). The van der Waals surface area contributed by atoms with Crippen LogP contribution in [-0.2, 0) is 4.74 Å². The van der Waals surface area contributed by atoms with E-state index < -0.39 is 0 Å². The van der Waals surface area contributed by atoms with Gasteiger partial charge in [-0.15, -0.1) is 0 Å². The van der Waals surface area contributed by atoms with Gasteiger partial charge in [0.2, 0.25) is 0 Å². The fraction of sp³-hybridized carbons (Fsp3) is 0.353. The first-order chi connectivity index (χ1) is 11.7. The molecule has 128 valence electrons. The zero-order valence-electron chi connectivity index (χ0n) is 13.9. The SMILES string of the molecule is CCOc1ccc(Nc2cc(C(=O)NCCCOC)ncn2)cc1. The van der Waals surface area contributed by atoms with Crippen LogP contribution >= 0.6 is 0 Å². The van der Waals surface area contributed by atoms with Crippen molar-refractivity contribution in [2.45, 2.75) is 13.3 Å². The van der Waals surface area contributed by atoms with Gasteiger partial charge in [0.1, 0.15) is 23.6 Å². The average molecular weight is 330 g/mol. The van der Waals surface area contributed by atoms with E-state index in [4.69, 9.17) is 9.47 Å². The molecular weight excluding hydrogens is 308 g/mol. The minimum Gasteiger partial charge on any atom is -0.494 e. The van der Waals surface area contributed by atoms with Crippen LogP contribution in [0, 0.1) is 0 Å². The van der Waals surface area contributed by atoms with Crippen molar-refractivity contribution in [2.24, 2.45) is 0 Å². The lowest BCUT2D eigenvalue weighted by Gasteiger charge is -2.08. The number of hydrogen-bond donors (Lipinski definition) is 2. The van der Waals surface area contributed by atoms with E-state index in [9.17, 15) is 4.79 Å². The van der Waals surface area contributed by atoms with Gasteiger partial charge in [-0.2, -0.15) is 0 Å². The Labute approximate surface area is 141 Å². The molecule has 1 amide bonds. The summed E-state index contributed by atoms with van der Waals surface area (Å²) in [5.74, 6) is 1.13. The number of amides is 1. The molecule has 7 heteroatoms. The van der Waals surface area contributed by atoms with Crippen molar-refractivity contribution >= 4 is 17.4 Å². The minimum atomic E-state index is -0.233. The largest absolute Gasteiger partial charge is 0.494 e. The highest BCUT2D eigenvalue weighted by molar-refractivity contribution is 5.92. The first-order valence-electron chi connectivity index (χ1n) is 7.82. The van der Waals surface area contributed by atoms with Gasteiger partial charge in [-0.1, -0.05) is 0 Å². The fourth-order valence-electron chi connectivity index (χ4n) is 2.01. The van der Waals surface area contributed by atoms with Gasteiger partial charge in [-0.3, -0.25) is 4.79 Å². The van der Waals surface area contributed by atoms with E-state index in [-0.39, 0.29) is 5.91 Å². The summed E-state index contributed by atoms with van der Waals surface area (Å²) in [5, 5.41) is 5.93. The molecule has 1 aromatic carbocycles. The third kappa shape index (κ3) is 5.51. The molecule has 2 aromatic rings. The molecule has 0 aliphatic rings. The Bertz CT molecular complexity index is 647. The zero-order chi connectivity index (χ0) is 17.2. The first-order valence-corrected chi connectivity index (χ1v) is 7.82. The number of rotatable bonds is 9. The van der Waals surface area contributed by atoms with E-state index in [1.165, 1.54) is 6.33 Å². The van der Waals surface area contributed by atoms with E-state index in [1.807, 2.05) is 31.2 Å². The number of carbonyl (C=O) groups excluding carboxylic acids is 1. The van der Waals surface area contributed by atoms with Gasteiger partial charge in [-0.25, -0.2) is 9.97 Å². The molecule has 0 atom stereocenters. The van der Waals surface area contributed by atoms with Crippen LogP contribution in [0.1, 0.15) is 23.8 Å². The van der Waals surface area contributed by atoms with Crippen molar-refractivity contribution in [2.75, 3.05) is 32.2 Å². The second-order valence-electron chi connectivity index (χ2n) is 4.97. The van der Waals surface area contributed by atoms with Crippen molar-refractivity contribution in [3.05, 3.63) is 42.4 Å². The summed E-state index contributed by atoms with van der Waals surface area (Å²) in [7, 11) is 1.63. The molecular formula is C17H22N4O3. The molecule has 0 spiro atoms. The van der Waals surface area contributed by atoms with Crippen LogP contribution in [-0.4, -0.2) is 42.7 Å². The lowest BCUT2D eigenvalue weighted by atomic mass is 10.3. The number of nitrogens with one attached hydrogen (secondary N) is 2. The quantitative estimate of drug-likeness (QED) is 0.687. The highest BCUT2D eigenvalue weighted by atomic mass is 16.5. The molecule has 1 heterocycles. The summed E-state index contributed by atoms with van der Waals surface area (Å²) >= 11 is 0. The van der Waals surface area contributed by atoms with E-state index in [0.717, 1.165) is 17.9 Å². The van der Waals surface area contributed by atoms with Gasteiger partial charge in [0.25, 0.3) is 5.91 Å². The second kappa shape index (κ2) is 9.46. The molecule has 0 saturated heterocycles. The molecule has 1 aromatic heterocycles. The van der Waals surface area contributed by atoms with Crippen molar-refractivity contribution in [1.29, 1.82) is 0 Å². The number of ether oxygens (including phenoxy) is 2. The summed E-state index contributed by atoms with van der Waals surface area (Å²) in [4.78, 5) is 20.2. The van der Waals surface area contributed by atoms with E-state index in [1.54, 1.807) is 13.2 Å². The summed E-state index contributed by atoms with van der Waals surface area (Å²) in [6.45, 7) is 3.71. The Kier molecular flexibility index (Phi) is 6.97. The third-order valence-electron chi connectivity index (χ3n) is 3.15. The van der Waals surface area contributed by atoms with Gasteiger partial charge in [0, 0.05) is 32.0 Å². The van der Waals surface area contributed by atoms with Crippen LogP contribution in [0.4, 0.5) is 11.5 Å². The maximum Gasteiger partial charge on any atom is 0.270 e. The molecule has 0 bridgehead atoms. The number of methoxy groups -OCH3 is 1. The Morgan fingerprint density at radius 3 is 2.71 bits per heavy atom. The molecule has 2 rings (SSSR count). The maximum atomic E-state index is 12.0. The van der Waals surface area contributed by atoms with E-state index in [2.05, 4.69) is 20.6 Å². The van der Waals surface area contributed by atoms with Crippen LogP contribution in [0.25, 0.3) is 0 Å². The van der Waals surface area contributed by atoms with E-state index >= 15 is 0 Å². The lowest BCUT2D eigenvalue weighted by Crippen LogP contribution is -2.26. The number of carbonyl (C=O) groups is 1. The zero-order valence-corrected chi connectivity index (χ0v) is 13.9. The number of aromatic nitrogens is 2. The smallest absolute Gasteiger partial charge is 0.270 e. The molecule has 0 radical (unpaired) electrons. The Hall–Kier alpha value is -2.67. The third-order valence-corrected chi connectivity index (χ3v) is 3.15. The Balaban J connectivity index is 1.95. The van der Waals surface area contributed by atoms with Crippen molar-refractivity contribution in [1.82, 2.24) is 15.3 Å². The molecule has 2 N–H and O–H groups in total. The number of nitrogens with zero attached hydrogens (tertiary/aromatic N) is 2. The summed E-state index contributed by atoms with van der Waals surface area (Å²) < 4.78 is 10.3. The summed E-state index contributed by atoms with van der Waals surface area (Å²) in [5.41, 5.74) is 1.17. The van der Waals surface area contributed by atoms with Crippen LogP contribution in [0.2, 0.25) is 0 Å². The highest BCUT2D eigenvalue weighted by Gasteiger charge is 2.08. The predicted octanol–water partition coefficient (Wildman–Crippen LogP) is 2.39. The molecule has 24 heavy (non-hydrogen) atoms. The number of benzene rings is 1. The lowest BCUT2D eigenvalue weighted by molar-refractivity contribution is 0.0943. The first kappa shape index (κ1) is 17.7. The van der Waals surface area contributed by atoms with Crippen molar-refractivity contribution in [3.8, 4) is 5.75 Å². The molecule has 0 unspecified atom stereocenters. The monoisotopic (exact) mass is 330 g/mol. The van der Waals surface area contributed by atoms with Crippen molar-refractivity contribution < 1.29 is 14.3 Å².